The lowest BCUT2D eigenvalue weighted by Gasteiger charge is -2.28. The van der Waals surface area contributed by atoms with Crippen LogP contribution in [0.15, 0.2) is 47.0 Å². The average Bonchev–Trinajstić information content (AvgIpc) is 3.22. The second-order valence-electron chi connectivity index (χ2n) is 8.20. The van der Waals surface area contributed by atoms with E-state index in [0.717, 1.165) is 5.56 Å². The van der Waals surface area contributed by atoms with Crippen LogP contribution in [-0.2, 0) is 17.7 Å². The van der Waals surface area contributed by atoms with Gasteiger partial charge in [0.15, 0.2) is 0 Å². The third-order valence-corrected chi connectivity index (χ3v) is 4.53. The van der Waals surface area contributed by atoms with Gasteiger partial charge in [0.1, 0.15) is 29.9 Å². The van der Waals surface area contributed by atoms with Crippen LogP contribution in [0.25, 0.3) is 0 Å². The molecule has 0 aliphatic carbocycles. The molecule has 1 aliphatic heterocycles. The van der Waals surface area contributed by atoms with Crippen LogP contribution in [0.1, 0.15) is 42.4 Å². The fourth-order valence-corrected chi connectivity index (χ4v) is 3.07. The van der Waals surface area contributed by atoms with Crippen molar-refractivity contribution in [2.45, 2.75) is 39.3 Å². The molecule has 0 unspecified atom stereocenters. The SMILES string of the molecule is CC(C)(C)OC(=O)NC/C(=C/F)COc1ccc2c(c1)CCN(Cc1ccon1)C2=O. The number of rotatable bonds is 7. The van der Waals surface area contributed by atoms with Gasteiger partial charge in [-0.1, -0.05) is 5.16 Å². The molecule has 1 aromatic carbocycles. The first kappa shape index (κ1) is 22.3. The molecule has 166 valence electrons. The smallest absolute Gasteiger partial charge is 0.407 e. The normalized spacial score (nSPS) is 14.3. The molecule has 0 fully saturated rings. The van der Waals surface area contributed by atoms with Crippen LogP contribution < -0.4 is 10.1 Å². The van der Waals surface area contributed by atoms with E-state index in [0.29, 0.717) is 42.8 Å². The first-order valence-corrected chi connectivity index (χ1v) is 9.94. The number of hydrogen-bond donors (Lipinski definition) is 1. The number of hydrogen-bond acceptors (Lipinski definition) is 6. The van der Waals surface area contributed by atoms with Gasteiger partial charge >= 0.3 is 6.09 Å². The first-order valence-electron chi connectivity index (χ1n) is 9.94. The summed E-state index contributed by atoms with van der Waals surface area (Å²) in [6.45, 7) is 6.10. The molecule has 2 heterocycles. The van der Waals surface area contributed by atoms with E-state index in [-0.39, 0.29) is 24.6 Å². The van der Waals surface area contributed by atoms with Gasteiger partial charge in [0.05, 0.1) is 12.9 Å². The second-order valence-corrected chi connectivity index (χ2v) is 8.20. The highest BCUT2D eigenvalue weighted by Crippen LogP contribution is 2.25. The number of carbonyl (C=O) groups excluding carboxylic acids is 2. The van der Waals surface area contributed by atoms with Crippen LogP contribution in [-0.4, -0.2) is 47.4 Å². The third kappa shape index (κ3) is 6.31. The maximum atomic E-state index is 13.2. The van der Waals surface area contributed by atoms with Crippen molar-refractivity contribution in [3.63, 3.8) is 0 Å². The Morgan fingerprint density at radius 3 is 2.84 bits per heavy atom. The zero-order chi connectivity index (χ0) is 22.4. The molecular formula is C22H26FN3O5. The lowest BCUT2D eigenvalue weighted by molar-refractivity contribution is 0.0531. The standard InChI is InChI=1S/C22H26FN3O5/c1-22(2,3)31-21(28)24-12-15(11-23)14-29-18-4-5-19-16(10-18)6-8-26(20(19)27)13-17-7-9-30-25-17/h4-5,7,9-11H,6,8,12-14H2,1-3H3,(H,24,28)/b15-11-. The minimum absolute atomic E-state index is 0.0359. The van der Waals surface area contributed by atoms with Crippen molar-refractivity contribution in [2.75, 3.05) is 19.7 Å². The lowest BCUT2D eigenvalue weighted by atomic mass is 9.98. The number of aromatic nitrogens is 1. The van der Waals surface area contributed by atoms with Crippen molar-refractivity contribution >= 4 is 12.0 Å². The summed E-state index contributed by atoms with van der Waals surface area (Å²) in [6, 6.07) is 6.90. The molecule has 0 saturated heterocycles. The van der Waals surface area contributed by atoms with Crippen molar-refractivity contribution in [2.24, 2.45) is 0 Å². The highest BCUT2D eigenvalue weighted by molar-refractivity contribution is 5.96. The summed E-state index contributed by atoms with van der Waals surface area (Å²) in [5, 5.41) is 6.34. The Morgan fingerprint density at radius 2 is 2.16 bits per heavy atom. The molecule has 0 bridgehead atoms. The fraction of sp³-hybridized carbons (Fsp3) is 0.409. The second kappa shape index (κ2) is 9.63. The third-order valence-electron chi connectivity index (χ3n) is 4.53. The fourth-order valence-electron chi connectivity index (χ4n) is 3.07. The van der Waals surface area contributed by atoms with Crippen LogP contribution in [0.3, 0.4) is 0 Å². The van der Waals surface area contributed by atoms with Crippen molar-refractivity contribution in [1.29, 1.82) is 0 Å². The van der Waals surface area contributed by atoms with Gasteiger partial charge < -0.3 is 24.2 Å². The monoisotopic (exact) mass is 431 g/mol. The molecule has 31 heavy (non-hydrogen) atoms. The Morgan fingerprint density at radius 1 is 1.35 bits per heavy atom. The summed E-state index contributed by atoms with van der Waals surface area (Å²) in [4.78, 5) is 26.1. The molecule has 0 atom stereocenters. The van der Waals surface area contributed by atoms with Crippen LogP contribution in [0, 0.1) is 0 Å². The Labute approximate surface area is 180 Å². The first-order chi connectivity index (χ1) is 14.7. The summed E-state index contributed by atoms with van der Waals surface area (Å²) < 4.78 is 28.8. The molecule has 2 amide bonds. The van der Waals surface area contributed by atoms with Gasteiger partial charge in [-0.25, -0.2) is 9.18 Å². The van der Waals surface area contributed by atoms with E-state index in [2.05, 4.69) is 10.5 Å². The molecular weight excluding hydrogens is 405 g/mol. The lowest BCUT2D eigenvalue weighted by Crippen LogP contribution is -2.37. The van der Waals surface area contributed by atoms with Gasteiger partial charge in [0.25, 0.3) is 5.91 Å². The van der Waals surface area contributed by atoms with Crippen molar-refractivity contribution < 1.29 is 28.0 Å². The molecule has 1 N–H and O–H groups in total. The Bertz CT molecular complexity index is 951. The van der Waals surface area contributed by atoms with E-state index in [1.807, 2.05) is 0 Å². The predicted octanol–water partition coefficient (Wildman–Crippen LogP) is 3.63. The molecule has 2 aromatic rings. The van der Waals surface area contributed by atoms with Crippen molar-refractivity contribution in [1.82, 2.24) is 15.4 Å². The average molecular weight is 431 g/mol. The molecule has 1 aliphatic rings. The summed E-state index contributed by atoms with van der Waals surface area (Å²) in [5.74, 6) is 0.440. The van der Waals surface area contributed by atoms with Gasteiger partial charge in [0.2, 0.25) is 0 Å². The van der Waals surface area contributed by atoms with E-state index in [9.17, 15) is 14.0 Å². The number of nitrogens with zero attached hydrogens (tertiary/aromatic N) is 2. The highest BCUT2D eigenvalue weighted by atomic mass is 19.1. The Hall–Kier alpha value is -3.36. The molecule has 3 rings (SSSR count). The number of ether oxygens (including phenoxy) is 2. The van der Waals surface area contributed by atoms with E-state index < -0.39 is 11.7 Å². The van der Waals surface area contributed by atoms with Gasteiger partial charge in [-0.05, 0) is 51.0 Å². The number of nitrogens with one attached hydrogen (secondary N) is 1. The number of alkyl carbamates (subject to hydrolysis) is 1. The van der Waals surface area contributed by atoms with E-state index in [4.69, 9.17) is 14.0 Å². The minimum atomic E-state index is -0.634. The largest absolute Gasteiger partial charge is 0.489 e. The number of benzene rings is 1. The molecule has 1 aromatic heterocycles. The van der Waals surface area contributed by atoms with Gasteiger partial charge in [-0.15, -0.1) is 0 Å². The number of carbonyl (C=O) groups is 2. The van der Waals surface area contributed by atoms with Crippen LogP contribution >= 0.6 is 0 Å². The van der Waals surface area contributed by atoms with Crippen LogP contribution in [0.2, 0.25) is 0 Å². The Balaban J connectivity index is 1.54. The van der Waals surface area contributed by atoms with Gasteiger partial charge in [-0.2, -0.15) is 0 Å². The molecule has 9 heteroatoms. The highest BCUT2D eigenvalue weighted by Gasteiger charge is 2.25. The Kier molecular flexibility index (Phi) is 6.94. The van der Waals surface area contributed by atoms with Gasteiger partial charge in [-0.3, -0.25) is 4.79 Å². The summed E-state index contributed by atoms with van der Waals surface area (Å²) in [6.07, 6.45) is 1.92. The van der Waals surface area contributed by atoms with Crippen LogP contribution in [0.5, 0.6) is 5.75 Å². The zero-order valence-corrected chi connectivity index (χ0v) is 17.8. The predicted molar refractivity (Wildman–Crippen MR) is 110 cm³/mol. The minimum Gasteiger partial charge on any atom is -0.489 e. The van der Waals surface area contributed by atoms with E-state index in [1.165, 1.54) is 6.26 Å². The topological polar surface area (TPSA) is 93.9 Å². The summed E-state index contributed by atoms with van der Waals surface area (Å²) >= 11 is 0. The number of fused-ring (bicyclic) bond motifs is 1. The number of amides is 2. The van der Waals surface area contributed by atoms with Crippen molar-refractivity contribution in [3.8, 4) is 5.75 Å². The van der Waals surface area contributed by atoms with E-state index >= 15 is 0 Å². The van der Waals surface area contributed by atoms with Crippen LogP contribution in [0.4, 0.5) is 9.18 Å². The summed E-state index contributed by atoms with van der Waals surface area (Å²) in [5.41, 5.74) is 1.79. The van der Waals surface area contributed by atoms with E-state index in [1.54, 1.807) is 49.9 Å². The van der Waals surface area contributed by atoms with Gasteiger partial charge in [0, 0.05) is 30.3 Å². The van der Waals surface area contributed by atoms with Crippen molar-refractivity contribution in [3.05, 3.63) is 59.3 Å². The zero-order valence-electron chi connectivity index (χ0n) is 17.8. The molecule has 0 spiro atoms. The quantitative estimate of drug-likeness (QED) is 0.720. The molecule has 8 nitrogen and oxygen atoms in total. The number of halogens is 1. The summed E-state index contributed by atoms with van der Waals surface area (Å²) in [7, 11) is 0. The molecule has 0 saturated carbocycles. The molecule has 0 radical (unpaired) electrons. The maximum Gasteiger partial charge on any atom is 0.407 e. The maximum absolute atomic E-state index is 13.2.